The Morgan fingerprint density at radius 3 is 3.04 bits per heavy atom. The number of aromatic nitrogens is 3. The summed E-state index contributed by atoms with van der Waals surface area (Å²) in [6.07, 6.45) is 5.86. The Labute approximate surface area is 146 Å². The smallest absolute Gasteiger partial charge is 0.229 e. The van der Waals surface area contributed by atoms with Crippen LogP contribution >= 0.6 is 11.3 Å². The van der Waals surface area contributed by atoms with Crippen LogP contribution in [0.15, 0.2) is 9.90 Å². The molecular formula is C17H25N5OS. The Kier molecular flexibility index (Phi) is 4.91. The van der Waals surface area contributed by atoms with E-state index in [0.29, 0.717) is 12.0 Å². The average Bonchev–Trinajstić information content (AvgIpc) is 3.17. The van der Waals surface area contributed by atoms with Crippen LogP contribution < -0.4 is 5.32 Å². The molecule has 130 valence electrons. The highest BCUT2D eigenvalue weighted by molar-refractivity contribution is 7.09. The van der Waals surface area contributed by atoms with E-state index in [1.165, 1.54) is 36.4 Å². The van der Waals surface area contributed by atoms with Crippen molar-refractivity contribution in [1.29, 1.82) is 0 Å². The second-order valence-electron chi connectivity index (χ2n) is 6.86. The maximum absolute atomic E-state index is 5.36. The highest BCUT2D eigenvalue weighted by Crippen LogP contribution is 2.38. The van der Waals surface area contributed by atoms with Crippen molar-refractivity contribution in [3.8, 4) is 0 Å². The molecule has 4 rings (SSSR count). The molecule has 2 aromatic rings. The molecule has 1 saturated heterocycles. The van der Waals surface area contributed by atoms with Crippen LogP contribution in [-0.4, -0.2) is 39.2 Å². The van der Waals surface area contributed by atoms with Gasteiger partial charge in [0.25, 0.3) is 0 Å². The van der Waals surface area contributed by atoms with Gasteiger partial charge in [-0.2, -0.15) is 4.98 Å². The third kappa shape index (κ3) is 4.02. The zero-order valence-electron chi connectivity index (χ0n) is 14.2. The molecule has 0 aromatic carbocycles. The summed E-state index contributed by atoms with van der Waals surface area (Å²) in [5.41, 5.74) is 1.17. The third-order valence-electron chi connectivity index (χ3n) is 4.75. The number of piperidine rings is 1. The van der Waals surface area contributed by atoms with Gasteiger partial charge in [0.1, 0.15) is 0 Å². The summed E-state index contributed by atoms with van der Waals surface area (Å²) in [4.78, 5) is 11.6. The summed E-state index contributed by atoms with van der Waals surface area (Å²) in [6.45, 7) is 5.97. The largest absolute Gasteiger partial charge is 0.339 e. The first kappa shape index (κ1) is 16.2. The van der Waals surface area contributed by atoms with Crippen LogP contribution in [0, 0.1) is 0 Å². The third-order valence-corrected chi connectivity index (χ3v) is 5.80. The number of likely N-dealkylation sites (tertiary alicyclic amines) is 1. The Bertz CT molecular complexity index is 665. The van der Waals surface area contributed by atoms with Gasteiger partial charge in [-0.15, -0.1) is 11.3 Å². The van der Waals surface area contributed by atoms with Gasteiger partial charge in [-0.3, -0.25) is 4.90 Å². The normalized spacial score (nSPS) is 22.1. The second kappa shape index (κ2) is 7.29. The molecule has 7 heteroatoms. The van der Waals surface area contributed by atoms with E-state index < -0.39 is 0 Å². The first-order valence-corrected chi connectivity index (χ1v) is 9.89. The van der Waals surface area contributed by atoms with Crippen molar-refractivity contribution in [2.45, 2.75) is 64.1 Å². The van der Waals surface area contributed by atoms with Crippen LogP contribution in [0.1, 0.15) is 60.9 Å². The Morgan fingerprint density at radius 2 is 2.25 bits per heavy atom. The van der Waals surface area contributed by atoms with Gasteiger partial charge in [0, 0.05) is 30.4 Å². The fraction of sp³-hybridized carbons (Fsp3) is 0.706. The van der Waals surface area contributed by atoms with Crippen molar-refractivity contribution in [3.05, 3.63) is 27.8 Å². The number of rotatable bonds is 7. The molecule has 2 aliphatic rings. The van der Waals surface area contributed by atoms with Crippen molar-refractivity contribution >= 4 is 11.3 Å². The molecule has 1 aliphatic carbocycles. The Morgan fingerprint density at radius 1 is 1.33 bits per heavy atom. The lowest BCUT2D eigenvalue weighted by Gasteiger charge is -2.32. The van der Waals surface area contributed by atoms with Gasteiger partial charge in [0.15, 0.2) is 5.82 Å². The van der Waals surface area contributed by atoms with Gasteiger partial charge in [0.05, 0.1) is 17.2 Å². The number of hydrogen-bond acceptors (Lipinski definition) is 7. The molecule has 2 aromatic heterocycles. The van der Waals surface area contributed by atoms with Gasteiger partial charge in [-0.25, -0.2) is 4.98 Å². The van der Waals surface area contributed by atoms with Crippen molar-refractivity contribution in [2.24, 2.45) is 0 Å². The van der Waals surface area contributed by atoms with E-state index in [1.807, 2.05) is 0 Å². The Balaban J connectivity index is 1.26. The topological polar surface area (TPSA) is 67.1 Å². The number of aryl methyl sites for hydroxylation is 1. The first-order chi connectivity index (χ1) is 11.8. The molecular weight excluding hydrogens is 322 g/mol. The molecule has 24 heavy (non-hydrogen) atoms. The lowest BCUT2D eigenvalue weighted by atomic mass is 10.1. The molecule has 1 aliphatic heterocycles. The fourth-order valence-corrected chi connectivity index (χ4v) is 3.98. The summed E-state index contributed by atoms with van der Waals surface area (Å²) >= 11 is 1.76. The number of nitrogens with zero attached hydrogens (tertiary/aromatic N) is 4. The highest BCUT2D eigenvalue weighted by Gasteiger charge is 2.30. The minimum Gasteiger partial charge on any atom is -0.339 e. The van der Waals surface area contributed by atoms with E-state index >= 15 is 0 Å². The Hall–Kier alpha value is -1.31. The van der Waals surface area contributed by atoms with Gasteiger partial charge < -0.3 is 9.84 Å². The molecule has 0 amide bonds. The minimum atomic E-state index is 0.514. The standard InChI is InChI=1S/C17H25N5OS/c1-2-16-19-14(11-24-16)8-18-13-4-3-7-22(9-13)10-15-20-17(23-21-15)12-5-6-12/h11-13,18H,2-10H2,1H3. The molecule has 3 heterocycles. The average molecular weight is 347 g/mol. The lowest BCUT2D eigenvalue weighted by molar-refractivity contribution is 0.177. The minimum absolute atomic E-state index is 0.514. The maximum Gasteiger partial charge on any atom is 0.229 e. The van der Waals surface area contributed by atoms with E-state index in [-0.39, 0.29) is 0 Å². The molecule has 0 radical (unpaired) electrons. The van der Waals surface area contributed by atoms with E-state index in [9.17, 15) is 0 Å². The molecule has 0 bridgehead atoms. The second-order valence-corrected chi connectivity index (χ2v) is 7.81. The number of nitrogens with one attached hydrogen (secondary N) is 1. The van der Waals surface area contributed by atoms with Crippen LogP contribution in [0.3, 0.4) is 0 Å². The predicted molar refractivity (Wildman–Crippen MR) is 92.9 cm³/mol. The lowest BCUT2D eigenvalue weighted by Crippen LogP contribution is -2.45. The molecule has 6 nitrogen and oxygen atoms in total. The molecule has 1 atom stereocenters. The summed E-state index contributed by atoms with van der Waals surface area (Å²) in [5.74, 6) is 2.21. The zero-order chi connectivity index (χ0) is 16.4. The van der Waals surface area contributed by atoms with Crippen molar-refractivity contribution in [3.63, 3.8) is 0 Å². The van der Waals surface area contributed by atoms with Gasteiger partial charge in [-0.1, -0.05) is 12.1 Å². The molecule has 1 N–H and O–H groups in total. The summed E-state index contributed by atoms with van der Waals surface area (Å²) in [6, 6.07) is 0.514. The van der Waals surface area contributed by atoms with E-state index in [1.54, 1.807) is 11.3 Å². The van der Waals surface area contributed by atoms with Gasteiger partial charge >= 0.3 is 0 Å². The molecule has 1 saturated carbocycles. The van der Waals surface area contributed by atoms with Crippen LogP contribution in [0.5, 0.6) is 0 Å². The molecule has 2 fully saturated rings. The van der Waals surface area contributed by atoms with E-state index in [0.717, 1.165) is 44.3 Å². The summed E-state index contributed by atoms with van der Waals surface area (Å²) < 4.78 is 5.36. The van der Waals surface area contributed by atoms with Crippen LogP contribution in [0.2, 0.25) is 0 Å². The van der Waals surface area contributed by atoms with Crippen molar-refractivity contribution in [1.82, 2.24) is 25.3 Å². The van der Waals surface area contributed by atoms with Crippen molar-refractivity contribution < 1.29 is 4.52 Å². The maximum atomic E-state index is 5.36. The zero-order valence-corrected chi connectivity index (χ0v) is 15.0. The predicted octanol–water partition coefficient (Wildman–Crippen LogP) is 2.72. The summed E-state index contributed by atoms with van der Waals surface area (Å²) in [5, 5.41) is 11.2. The van der Waals surface area contributed by atoms with E-state index in [4.69, 9.17) is 4.52 Å². The quantitative estimate of drug-likeness (QED) is 0.831. The van der Waals surface area contributed by atoms with Crippen molar-refractivity contribution in [2.75, 3.05) is 13.1 Å². The summed E-state index contributed by atoms with van der Waals surface area (Å²) in [7, 11) is 0. The van der Waals surface area contributed by atoms with Crippen LogP contribution in [0.4, 0.5) is 0 Å². The molecule has 0 spiro atoms. The van der Waals surface area contributed by atoms with E-state index in [2.05, 4.69) is 37.6 Å². The highest BCUT2D eigenvalue weighted by atomic mass is 32.1. The SMILES string of the molecule is CCc1nc(CNC2CCCN(Cc3noc(C4CC4)n3)C2)cs1. The first-order valence-electron chi connectivity index (χ1n) is 9.01. The van der Waals surface area contributed by atoms with Gasteiger partial charge in [0.2, 0.25) is 5.89 Å². The molecule has 1 unspecified atom stereocenters. The van der Waals surface area contributed by atoms with Gasteiger partial charge in [-0.05, 0) is 38.6 Å². The number of thiazole rings is 1. The number of hydrogen-bond donors (Lipinski definition) is 1. The van der Waals surface area contributed by atoms with Crippen LogP contribution in [-0.2, 0) is 19.5 Å². The monoisotopic (exact) mass is 347 g/mol. The fourth-order valence-electron chi connectivity index (χ4n) is 3.23. The van der Waals surface area contributed by atoms with Crippen LogP contribution in [0.25, 0.3) is 0 Å².